The zero-order chi connectivity index (χ0) is 8.97. The van der Waals surface area contributed by atoms with E-state index in [0.717, 1.165) is 11.1 Å². The Balaban J connectivity index is 2.97. The molecule has 1 aromatic carbocycles. The van der Waals surface area contributed by atoms with E-state index in [-0.39, 0.29) is 0 Å². The highest BCUT2D eigenvalue weighted by Crippen LogP contribution is 2.17. The summed E-state index contributed by atoms with van der Waals surface area (Å²) in [5, 5.41) is 0. The van der Waals surface area contributed by atoms with Crippen LogP contribution in [0.4, 0.5) is 5.69 Å². The third kappa shape index (κ3) is 1.84. The molecule has 0 N–H and O–H groups in total. The van der Waals surface area contributed by atoms with Crippen LogP contribution in [0.3, 0.4) is 0 Å². The summed E-state index contributed by atoms with van der Waals surface area (Å²) in [6.45, 7) is 9.41. The van der Waals surface area contributed by atoms with Crippen molar-refractivity contribution >= 4 is 5.69 Å². The lowest BCUT2D eigenvalue weighted by atomic mass is 10.1. The maximum Gasteiger partial charge on any atom is 0.187 e. The van der Waals surface area contributed by atoms with E-state index >= 15 is 0 Å². The Bertz CT molecular complexity index is 312. The maximum absolute atomic E-state index is 6.81. The molecule has 0 saturated carbocycles. The number of ether oxygens (including phenoxy) is 1. The SMILES string of the molecule is [C-]#[N+]c1ccc(COC)c(C)c1. The van der Waals surface area contributed by atoms with E-state index in [9.17, 15) is 0 Å². The second-order valence-electron chi connectivity index (χ2n) is 2.66. The van der Waals surface area contributed by atoms with Gasteiger partial charge in [0.25, 0.3) is 0 Å². The third-order valence-electron chi connectivity index (χ3n) is 1.76. The van der Waals surface area contributed by atoms with Gasteiger partial charge in [0, 0.05) is 7.11 Å². The van der Waals surface area contributed by atoms with Crippen LogP contribution in [0.25, 0.3) is 4.85 Å². The molecule has 0 unspecified atom stereocenters. The first-order chi connectivity index (χ1) is 5.77. The molecule has 0 aliphatic carbocycles. The number of aryl methyl sites for hydroxylation is 1. The number of benzene rings is 1. The van der Waals surface area contributed by atoms with Crippen LogP contribution in [0.2, 0.25) is 0 Å². The van der Waals surface area contributed by atoms with E-state index in [1.165, 1.54) is 0 Å². The molecule has 62 valence electrons. The zero-order valence-electron chi connectivity index (χ0n) is 7.29. The highest BCUT2D eigenvalue weighted by Gasteiger charge is 1.98. The molecule has 0 amide bonds. The van der Waals surface area contributed by atoms with E-state index < -0.39 is 0 Å². The zero-order valence-corrected chi connectivity index (χ0v) is 7.29. The van der Waals surface area contributed by atoms with Crippen LogP contribution in [0, 0.1) is 13.5 Å². The van der Waals surface area contributed by atoms with E-state index in [0.29, 0.717) is 12.3 Å². The first-order valence-corrected chi connectivity index (χ1v) is 3.74. The molecular formula is C10H11NO. The minimum atomic E-state index is 0.615. The lowest BCUT2D eigenvalue weighted by Crippen LogP contribution is -1.90. The summed E-state index contributed by atoms with van der Waals surface area (Å²) in [5.74, 6) is 0. The van der Waals surface area contributed by atoms with Crippen molar-refractivity contribution in [1.82, 2.24) is 0 Å². The number of nitrogens with zero attached hydrogens (tertiary/aromatic N) is 1. The molecule has 12 heavy (non-hydrogen) atoms. The van der Waals surface area contributed by atoms with Gasteiger partial charge in [-0.1, -0.05) is 23.8 Å². The molecule has 0 atom stereocenters. The van der Waals surface area contributed by atoms with Gasteiger partial charge < -0.3 is 4.74 Å². The van der Waals surface area contributed by atoms with Gasteiger partial charge in [-0.3, -0.25) is 0 Å². The second-order valence-corrected chi connectivity index (χ2v) is 2.66. The van der Waals surface area contributed by atoms with Crippen molar-refractivity contribution in [2.75, 3.05) is 7.11 Å². The fourth-order valence-corrected chi connectivity index (χ4v) is 1.07. The van der Waals surface area contributed by atoms with Crippen LogP contribution in [-0.4, -0.2) is 7.11 Å². The van der Waals surface area contributed by atoms with Crippen molar-refractivity contribution in [3.05, 3.63) is 40.7 Å². The first kappa shape index (κ1) is 8.76. The molecular weight excluding hydrogens is 150 g/mol. The van der Waals surface area contributed by atoms with Gasteiger partial charge in [-0.2, -0.15) is 0 Å². The molecule has 1 rings (SSSR count). The smallest absolute Gasteiger partial charge is 0.187 e. The van der Waals surface area contributed by atoms with Gasteiger partial charge in [0.15, 0.2) is 5.69 Å². The Hall–Kier alpha value is -1.33. The minimum Gasteiger partial charge on any atom is -0.380 e. The summed E-state index contributed by atoms with van der Waals surface area (Å²) in [6.07, 6.45) is 0. The lowest BCUT2D eigenvalue weighted by Gasteiger charge is -2.03. The van der Waals surface area contributed by atoms with Crippen molar-refractivity contribution in [1.29, 1.82) is 0 Å². The predicted molar refractivity (Wildman–Crippen MR) is 48.2 cm³/mol. The second kappa shape index (κ2) is 3.89. The van der Waals surface area contributed by atoms with Gasteiger partial charge in [-0.05, 0) is 12.5 Å². The average Bonchev–Trinajstić information content (AvgIpc) is 2.09. The fourth-order valence-electron chi connectivity index (χ4n) is 1.07. The molecule has 0 spiro atoms. The van der Waals surface area contributed by atoms with Crippen molar-refractivity contribution < 1.29 is 4.74 Å². The number of hydrogen-bond donors (Lipinski definition) is 0. The Morgan fingerprint density at radius 2 is 2.25 bits per heavy atom. The van der Waals surface area contributed by atoms with Crippen LogP contribution in [-0.2, 0) is 11.3 Å². The van der Waals surface area contributed by atoms with Crippen molar-refractivity contribution in [3.63, 3.8) is 0 Å². The molecule has 0 heterocycles. The predicted octanol–water partition coefficient (Wildman–Crippen LogP) is 2.69. The Morgan fingerprint density at radius 3 is 2.75 bits per heavy atom. The van der Waals surface area contributed by atoms with Gasteiger partial charge in [0.2, 0.25) is 0 Å². The van der Waals surface area contributed by atoms with E-state index in [4.69, 9.17) is 11.3 Å². The standard InChI is InChI=1S/C10H11NO/c1-8-6-10(11-2)5-4-9(8)7-12-3/h4-6H,7H2,1,3H3. The van der Waals surface area contributed by atoms with Crippen molar-refractivity contribution in [2.24, 2.45) is 0 Å². The normalized spacial score (nSPS) is 9.42. The molecule has 1 aromatic rings. The molecule has 0 saturated heterocycles. The fraction of sp³-hybridized carbons (Fsp3) is 0.300. The topological polar surface area (TPSA) is 13.6 Å². The van der Waals surface area contributed by atoms with Gasteiger partial charge in [0.1, 0.15) is 0 Å². The summed E-state index contributed by atoms with van der Waals surface area (Å²) < 4.78 is 5.00. The number of methoxy groups -OCH3 is 1. The largest absolute Gasteiger partial charge is 0.380 e. The molecule has 0 aromatic heterocycles. The van der Waals surface area contributed by atoms with Crippen molar-refractivity contribution in [2.45, 2.75) is 13.5 Å². The van der Waals surface area contributed by atoms with Gasteiger partial charge >= 0.3 is 0 Å². The number of hydrogen-bond acceptors (Lipinski definition) is 1. The molecule has 2 heteroatoms. The summed E-state index contributed by atoms with van der Waals surface area (Å²) in [7, 11) is 1.67. The van der Waals surface area contributed by atoms with Crippen LogP contribution >= 0.6 is 0 Å². The van der Waals surface area contributed by atoms with Crippen molar-refractivity contribution in [3.8, 4) is 0 Å². The summed E-state index contributed by atoms with van der Waals surface area (Å²) >= 11 is 0. The Morgan fingerprint density at radius 1 is 1.50 bits per heavy atom. The average molecular weight is 161 g/mol. The number of rotatable bonds is 2. The van der Waals surface area contributed by atoms with Crippen LogP contribution in [0.5, 0.6) is 0 Å². The quantitative estimate of drug-likeness (QED) is 0.608. The van der Waals surface area contributed by atoms with Gasteiger partial charge in [0.05, 0.1) is 13.2 Å². The van der Waals surface area contributed by atoms with Crippen LogP contribution < -0.4 is 0 Å². The molecule has 0 aliphatic rings. The highest BCUT2D eigenvalue weighted by molar-refractivity contribution is 5.48. The van der Waals surface area contributed by atoms with Gasteiger partial charge in [-0.25, -0.2) is 4.85 Å². The Kier molecular flexibility index (Phi) is 2.84. The highest BCUT2D eigenvalue weighted by atomic mass is 16.5. The summed E-state index contributed by atoms with van der Waals surface area (Å²) in [5.41, 5.74) is 2.95. The van der Waals surface area contributed by atoms with E-state index in [1.807, 2.05) is 25.1 Å². The minimum absolute atomic E-state index is 0.615. The van der Waals surface area contributed by atoms with Gasteiger partial charge in [-0.15, -0.1) is 0 Å². The molecule has 0 bridgehead atoms. The van der Waals surface area contributed by atoms with E-state index in [2.05, 4.69) is 4.85 Å². The third-order valence-corrected chi connectivity index (χ3v) is 1.76. The molecule has 0 aliphatic heterocycles. The molecule has 0 fully saturated rings. The monoisotopic (exact) mass is 161 g/mol. The lowest BCUT2D eigenvalue weighted by molar-refractivity contribution is 0.184. The molecule has 2 nitrogen and oxygen atoms in total. The maximum atomic E-state index is 6.81. The van der Waals surface area contributed by atoms with E-state index in [1.54, 1.807) is 7.11 Å². The summed E-state index contributed by atoms with van der Waals surface area (Å²) in [4.78, 5) is 3.34. The summed E-state index contributed by atoms with van der Waals surface area (Å²) in [6, 6.07) is 5.63. The van der Waals surface area contributed by atoms with Crippen LogP contribution in [0.15, 0.2) is 18.2 Å². The Labute approximate surface area is 72.6 Å². The van der Waals surface area contributed by atoms with Crippen LogP contribution in [0.1, 0.15) is 11.1 Å². The first-order valence-electron chi connectivity index (χ1n) is 3.74. The molecule has 0 radical (unpaired) electrons.